The number of methoxy groups -OCH3 is 1. The maximum atomic E-state index is 13.3. The van der Waals surface area contributed by atoms with E-state index < -0.39 is 26.0 Å². The van der Waals surface area contributed by atoms with Crippen molar-refractivity contribution in [1.82, 2.24) is 19.6 Å². The third-order valence-corrected chi connectivity index (χ3v) is 14.2. The molecule has 4 aromatic rings. The van der Waals surface area contributed by atoms with Gasteiger partial charge >= 0.3 is 5.97 Å². The van der Waals surface area contributed by atoms with Gasteiger partial charge in [-0.05, 0) is 61.6 Å². The highest BCUT2D eigenvalue weighted by Crippen LogP contribution is 2.24. The average molecular weight is 862 g/mol. The summed E-state index contributed by atoms with van der Waals surface area (Å²) in [6.45, 7) is 8.75. The Bertz CT molecular complexity index is 2010. The van der Waals surface area contributed by atoms with E-state index in [-0.39, 0.29) is 36.9 Å². The molecular weight excluding hydrogens is 803 g/mol. The van der Waals surface area contributed by atoms with Gasteiger partial charge in [-0.15, -0.1) is 0 Å². The zero-order valence-electron chi connectivity index (χ0n) is 34.9. The normalized spacial score (nSPS) is 15.7. The third kappa shape index (κ3) is 13.7. The van der Waals surface area contributed by atoms with Gasteiger partial charge in [0.05, 0.1) is 55.2 Å². The molecule has 0 bridgehead atoms. The lowest BCUT2D eigenvalue weighted by Crippen LogP contribution is -2.47. The first-order chi connectivity index (χ1) is 28.8. The number of nitrogens with two attached hydrogens (primary N) is 1. The van der Waals surface area contributed by atoms with Crippen molar-refractivity contribution >= 4 is 43.2 Å². The number of piperazine rings is 2. The fraction of sp³-hybridized carbons (Fsp3) is 0.409. The Morgan fingerprint density at radius 2 is 0.933 bits per heavy atom. The molecule has 0 saturated carbocycles. The first-order valence-electron chi connectivity index (χ1n) is 20.2. The number of ketones is 1. The second-order valence-corrected chi connectivity index (χ2v) is 19.1. The van der Waals surface area contributed by atoms with Gasteiger partial charge in [-0.2, -0.15) is 0 Å². The Morgan fingerprint density at radius 3 is 1.28 bits per heavy atom. The van der Waals surface area contributed by atoms with Gasteiger partial charge in [-0.1, -0.05) is 72.8 Å². The van der Waals surface area contributed by atoms with Gasteiger partial charge < -0.3 is 20.3 Å². The van der Waals surface area contributed by atoms with Crippen LogP contribution in [0.4, 0.5) is 11.4 Å². The summed E-state index contributed by atoms with van der Waals surface area (Å²) in [5, 5.41) is 0. The Hall–Kier alpha value is -4.68. The number of likely N-dealkylation sites (N-methyl/N-ethyl adjacent to an activating group) is 2. The number of benzene rings is 4. The summed E-state index contributed by atoms with van der Waals surface area (Å²) in [6, 6.07) is 32.1. The second-order valence-electron chi connectivity index (χ2n) is 15.1. The zero-order valence-corrected chi connectivity index (χ0v) is 36.6. The maximum Gasteiger partial charge on any atom is 0.337 e. The third-order valence-electron chi connectivity index (χ3n) is 10.8. The molecule has 16 heteroatoms. The van der Waals surface area contributed by atoms with Gasteiger partial charge in [0, 0.05) is 71.0 Å². The lowest BCUT2D eigenvalue weighted by atomic mass is 10.1. The van der Waals surface area contributed by atoms with E-state index in [0.717, 1.165) is 63.5 Å². The van der Waals surface area contributed by atoms with Crippen molar-refractivity contribution in [2.75, 3.05) is 113 Å². The molecule has 2 saturated heterocycles. The molecule has 4 aromatic carbocycles. The lowest BCUT2D eigenvalue weighted by molar-refractivity contribution is 0.0600. The largest absolute Gasteiger partial charge is 0.465 e. The number of hydrogen-bond acceptors (Lipinski definition) is 12. The molecule has 2 N–H and O–H groups in total. The van der Waals surface area contributed by atoms with Crippen molar-refractivity contribution in [2.45, 2.75) is 13.1 Å². The molecule has 324 valence electrons. The van der Waals surface area contributed by atoms with E-state index in [1.165, 1.54) is 15.7 Å². The van der Waals surface area contributed by atoms with Crippen LogP contribution in [-0.4, -0.2) is 153 Å². The summed E-state index contributed by atoms with van der Waals surface area (Å²) in [6.07, 6.45) is 0. The van der Waals surface area contributed by atoms with Crippen LogP contribution in [0.5, 0.6) is 0 Å². The van der Waals surface area contributed by atoms with E-state index in [1.54, 1.807) is 72.8 Å². The monoisotopic (exact) mass is 861 g/mol. The first kappa shape index (κ1) is 46.4. The van der Waals surface area contributed by atoms with Crippen molar-refractivity contribution in [3.63, 3.8) is 0 Å². The van der Waals surface area contributed by atoms with E-state index >= 15 is 0 Å². The summed E-state index contributed by atoms with van der Waals surface area (Å²) in [5.74, 6) is -0.427. The minimum atomic E-state index is -3.53. The van der Waals surface area contributed by atoms with Crippen LogP contribution in [0.3, 0.4) is 0 Å². The molecule has 14 nitrogen and oxygen atoms in total. The van der Waals surface area contributed by atoms with Crippen molar-refractivity contribution in [1.29, 1.82) is 0 Å². The number of Topliss-reactive ketones (excluding diaryl/α,β-unsaturated/α-hetero) is 1. The first-order valence-corrected chi connectivity index (χ1v) is 23.4. The Morgan fingerprint density at radius 1 is 0.567 bits per heavy atom. The van der Waals surface area contributed by atoms with Crippen LogP contribution in [0.25, 0.3) is 0 Å². The van der Waals surface area contributed by atoms with Crippen LogP contribution >= 0.6 is 0 Å². The van der Waals surface area contributed by atoms with E-state index in [4.69, 9.17) is 10.5 Å². The van der Waals surface area contributed by atoms with Crippen molar-refractivity contribution < 1.29 is 31.2 Å². The van der Waals surface area contributed by atoms with Crippen LogP contribution in [0.15, 0.2) is 109 Å². The molecule has 0 radical (unpaired) electrons. The highest BCUT2D eigenvalue weighted by Gasteiger charge is 2.27. The Labute approximate surface area is 356 Å². The summed E-state index contributed by atoms with van der Waals surface area (Å²) >= 11 is 0. The molecule has 2 aliphatic rings. The van der Waals surface area contributed by atoms with Gasteiger partial charge in [0.2, 0.25) is 20.0 Å². The van der Waals surface area contributed by atoms with Crippen LogP contribution in [0.1, 0.15) is 31.8 Å². The van der Waals surface area contributed by atoms with Gasteiger partial charge in [0.15, 0.2) is 5.78 Å². The Kier molecular flexibility index (Phi) is 17.2. The maximum absolute atomic E-state index is 13.3. The molecule has 0 unspecified atom stereocenters. The quantitative estimate of drug-likeness (QED) is 0.122. The number of sulfonamides is 2. The minimum Gasteiger partial charge on any atom is -0.465 e. The van der Waals surface area contributed by atoms with E-state index in [2.05, 4.69) is 33.7 Å². The summed E-state index contributed by atoms with van der Waals surface area (Å²) in [7, 11) is -1.56. The van der Waals surface area contributed by atoms with Gasteiger partial charge in [0.1, 0.15) is 0 Å². The zero-order chi connectivity index (χ0) is 43.1. The molecule has 0 atom stereocenters. The van der Waals surface area contributed by atoms with Gasteiger partial charge in [0.25, 0.3) is 0 Å². The molecule has 0 aromatic heterocycles. The van der Waals surface area contributed by atoms with E-state index in [1.807, 2.05) is 36.4 Å². The number of hydrogen-bond donors (Lipinski definition) is 1. The summed E-state index contributed by atoms with van der Waals surface area (Å²) in [5.41, 5.74) is 9.27. The number of rotatable bonds is 17. The molecule has 2 fully saturated rings. The van der Waals surface area contributed by atoms with E-state index in [9.17, 15) is 26.4 Å². The van der Waals surface area contributed by atoms with Crippen molar-refractivity contribution in [2.24, 2.45) is 5.73 Å². The molecule has 6 rings (SSSR count). The Balaban J connectivity index is 0.000000228. The van der Waals surface area contributed by atoms with Crippen molar-refractivity contribution in [3.8, 4) is 0 Å². The van der Waals surface area contributed by atoms with Crippen LogP contribution in [0, 0.1) is 0 Å². The standard InChI is InChI=1S/C22H30N4O3S.C22H29N3O4S/c1-24-11-13-25(14-12-24)15-16-30(28,29)26(21-5-3-2-4-6-21)18-19-7-9-20(10-8-19)22(27)17-23;1-23-12-14-24(15-13-23)16-17-30(27,28)25(21-6-4-3-5-7-21)18-19-8-10-20(11-9-19)22(26)29-2/h2-10H,11-18,23H2,1H3;3-11H,12-18H2,1-2H3. The predicted molar refractivity (Wildman–Crippen MR) is 238 cm³/mol. The second kappa shape index (κ2) is 22.2. The van der Waals surface area contributed by atoms with Gasteiger partial charge in [-0.25, -0.2) is 21.6 Å². The topological polar surface area (TPSA) is 157 Å². The number of para-hydroxylation sites is 2. The average Bonchev–Trinajstić information content (AvgIpc) is 3.27. The smallest absolute Gasteiger partial charge is 0.337 e. The van der Waals surface area contributed by atoms with Crippen LogP contribution < -0.4 is 14.3 Å². The fourth-order valence-electron chi connectivity index (χ4n) is 6.85. The SMILES string of the molecule is CN1CCN(CCS(=O)(=O)N(Cc2ccc(C(=O)CN)cc2)c2ccccc2)CC1.COC(=O)c1ccc(CN(c2ccccc2)S(=O)(=O)CCN2CCN(C)CC2)cc1. The number of anilines is 2. The molecule has 60 heavy (non-hydrogen) atoms. The number of nitrogens with zero attached hydrogens (tertiary/aromatic N) is 6. The number of carbonyl (C=O) groups excluding carboxylic acids is 2. The minimum absolute atomic E-state index is 0.0455. The molecule has 0 spiro atoms. The molecule has 0 aliphatic carbocycles. The van der Waals surface area contributed by atoms with Crippen LogP contribution in [0.2, 0.25) is 0 Å². The molecule has 0 amide bonds. The number of carbonyl (C=O) groups is 2. The summed E-state index contributed by atoms with van der Waals surface area (Å²) < 4.78 is 60.8. The number of esters is 1. The molecule has 2 aliphatic heterocycles. The van der Waals surface area contributed by atoms with Crippen LogP contribution in [-0.2, 0) is 37.9 Å². The molecular formula is C44H59N7O7S2. The fourth-order valence-corrected chi connectivity index (χ4v) is 9.85. The highest BCUT2D eigenvalue weighted by atomic mass is 32.2. The highest BCUT2D eigenvalue weighted by molar-refractivity contribution is 7.93. The predicted octanol–water partition coefficient (Wildman–Crippen LogP) is 3.47. The van der Waals surface area contributed by atoms with Gasteiger partial charge in [-0.3, -0.25) is 23.2 Å². The number of ether oxygens (including phenoxy) is 1. The summed E-state index contributed by atoms with van der Waals surface area (Å²) in [4.78, 5) is 32.3. The lowest BCUT2D eigenvalue weighted by Gasteiger charge is -2.33. The van der Waals surface area contributed by atoms with E-state index in [0.29, 0.717) is 35.6 Å². The van der Waals surface area contributed by atoms with Crippen molar-refractivity contribution in [3.05, 3.63) is 131 Å². The molecule has 2 heterocycles.